The minimum absolute atomic E-state index is 0.00222. The van der Waals surface area contributed by atoms with Crippen molar-refractivity contribution in [3.05, 3.63) is 34.6 Å². The summed E-state index contributed by atoms with van der Waals surface area (Å²) in [4.78, 5) is 0. The normalized spacial score (nSPS) is 20.6. The van der Waals surface area contributed by atoms with E-state index in [0.29, 0.717) is 11.8 Å². The van der Waals surface area contributed by atoms with Crippen LogP contribution in [-0.2, 0) is 10.7 Å². The highest BCUT2D eigenvalue weighted by Crippen LogP contribution is 2.47. The van der Waals surface area contributed by atoms with Crippen molar-refractivity contribution >= 4 is 11.8 Å². The summed E-state index contributed by atoms with van der Waals surface area (Å²) in [6, 6.07) is 0. The summed E-state index contributed by atoms with van der Waals surface area (Å²) >= 11 is 0.383. The lowest BCUT2D eigenvalue weighted by atomic mass is 9.96. The fourth-order valence-corrected chi connectivity index (χ4v) is 3.17. The highest BCUT2D eigenvalue weighted by Gasteiger charge is 2.63. The zero-order valence-corrected chi connectivity index (χ0v) is 12.7. The van der Waals surface area contributed by atoms with E-state index in [9.17, 15) is 43.9 Å². The third-order valence-electron chi connectivity index (χ3n) is 3.44. The Kier molecular flexibility index (Phi) is 5.53. The molecule has 1 saturated heterocycles. The van der Waals surface area contributed by atoms with Crippen LogP contribution < -0.4 is 0 Å². The highest BCUT2D eigenvalue weighted by molar-refractivity contribution is 8.00. The third-order valence-corrected chi connectivity index (χ3v) is 4.70. The smallest absolute Gasteiger partial charge is 0.315 e. The summed E-state index contributed by atoms with van der Waals surface area (Å²) in [6.45, 7) is -0.826. The van der Waals surface area contributed by atoms with Crippen molar-refractivity contribution in [2.75, 3.05) is 19.0 Å². The average molecular weight is 402 g/mol. The molecule has 1 fully saturated rings. The Balaban J connectivity index is 2.51. The van der Waals surface area contributed by atoms with Gasteiger partial charge in [-0.1, -0.05) is 0 Å². The fourth-order valence-electron chi connectivity index (χ4n) is 2.14. The molecule has 25 heavy (non-hydrogen) atoms. The van der Waals surface area contributed by atoms with Crippen LogP contribution in [0.1, 0.15) is 5.56 Å². The van der Waals surface area contributed by atoms with Gasteiger partial charge < -0.3 is 4.74 Å². The maximum absolute atomic E-state index is 14.0. The van der Waals surface area contributed by atoms with E-state index in [0.717, 1.165) is 0 Å². The molecule has 1 aromatic rings. The van der Waals surface area contributed by atoms with E-state index in [1.54, 1.807) is 0 Å². The van der Waals surface area contributed by atoms with Gasteiger partial charge in [-0.05, 0) is 0 Å². The summed E-state index contributed by atoms with van der Waals surface area (Å²) in [6.07, 6.45) is -4.55. The van der Waals surface area contributed by atoms with Crippen LogP contribution in [0, 0.1) is 29.1 Å². The van der Waals surface area contributed by atoms with Crippen molar-refractivity contribution in [1.29, 1.82) is 0 Å². The average Bonchev–Trinajstić information content (AvgIpc) is 2.58. The first-order chi connectivity index (χ1) is 11.4. The van der Waals surface area contributed by atoms with Gasteiger partial charge in [0.05, 0.1) is 18.5 Å². The standard InChI is InChI=1S/C13H8F10OS/c14-6-5(7(15)9(17)10(18)8(6)16)13(22,23)11(19)12(20,21)4-3-24-1-2-25-4/h4,11H,1-3H2. The molecule has 0 aliphatic carbocycles. The van der Waals surface area contributed by atoms with Crippen LogP contribution >= 0.6 is 11.8 Å². The Morgan fingerprint density at radius 1 is 0.880 bits per heavy atom. The van der Waals surface area contributed by atoms with E-state index < -0.39 is 64.5 Å². The zero-order chi connectivity index (χ0) is 19.2. The van der Waals surface area contributed by atoms with Crippen LogP contribution in [0.4, 0.5) is 43.9 Å². The van der Waals surface area contributed by atoms with E-state index in [2.05, 4.69) is 4.74 Å². The topological polar surface area (TPSA) is 9.23 Å². The number of ether oxygens (including phenoxy) is 1. The van der Waals surface area contributed by atoms with Crippen LogP contribution in [0.15, 0.2) is 0 Å². The molecule has 1 aliphatic rings. The Labute approximate surface area is 138 Å². The Bertz CT molecular complexity index is 630. The van der Waals surface area contributed by atoms with Crippen LogP contribution in [0.25, 0.3) is 0 Å². The molecule has 142 valence electrons. The molecule has 2 atom stereocenters. The van der Waals surface area contributed by atoms with Gasteiger partial charge in [0.2, 0.25) is 12.0 Å². The molecule has 0 bridgehead atoms. The number of hydrogen-bond donors (Lipinski definition) is 0. The molecule has 12 heteroatoms. The fraction of sp³-hybridized carbons (Fsp3) is 0.538. The predicted molar refractivity (Wildman–Crippen MR) is 67.0 cm³/mol. The lowest BCUT2D eigenvalue weighted by molar-refractivity contribution is -0.192. The molecule has 0 aromatic heterocycles. The van der Waals surface area contributed by atoms with E-state index in [1.807, 2.05) is 0 Å². The molecular formula is C13H8F10OS. The monoisotopic (exact) mass is 402 g/mol. The van der Waals surface area contributed by atoms with Gasteiger partial charge in [0.1, 0.15) is 5.56 Å². The van der Waals surface area contributed by atoms with Gasteiger partial charge in [0, 0.05) is 5.75 Å². The number of rotatable bonds is 4. The largest absolute Gasteiger partial charge is 0.379 e. The predicted octanol–water partition coefficient (Wildman–Crippen LogP) is 4.58. The van der Waals surface area contributed by atoms with E-state index in [4.69, 9.17) is 0 Å². The SMILES string of the molecule is Fc1c(F)c(F)c(C(F)(F)C(F)C(F)(F)C2COCCS2)c(F)c1F. The minimum atomic E-state index is -5.69. The number of thioether (sulfide) groups is 1. The van der Waals surface area contributed by atoms with E-state index in [-0.39, 0.29) is 12.4 Å². The number of alkyl halides is 5. The lowest BCUT2D eigenvalue weighted by Gasteiger charge is -2.34. The number of hydrogen-bond acceptors (Lipinski definition) is 2. The van der Waals surface area contributed by atoms with Gasteiger partial charge >= 0.3 is 5.92 Å². The van der Waals surface area contributed by atoms with E-state index in [1.165, 1.54) is 0 Å². The van der Waals surface area contributed by atoms with Crippen LogP contribution in [0.2, 0.25) is 0 Å². The first kappa shape index (κ1) is 20.1. The maximum Gasteiger partial charge on any atom is 0.315 e. The van der Waals surface area contributed by atoms with Gasteiger partial charge in [-0.25, -0.2) is 35.1 Å². The Morgan fingerprint density at radius 3 is 1.80 bits per heavy atom. The summed E-state index contributed by atoms with van der Waals surface area (Å²) in [5.41, 5.74) is -2.95. The van der Waals surface area contributed by atoms with Crippen molar-refractivity contribution in [3.8, 4) is 0 Å². The molecule has 1 heterocycles. The number of halogens is 10. The second-order valence-corrected chi connectivity index (χ2v) is 6.35. The Hall–Kier alpha value is -1.17. The van der Waals surface area contributed by atoms with Gasteiger partial charge in [0.15, 0.2) is 23.3 Å². The second kappa shape index (κ2) is 6.86. The molecule has 2 rings (SSSR count). The molecule has 1 nitrogen and oxygen atoms in total. The second-order valence-electron chi connectivity index (χ2n) is 5.04. The van der Waals surface area contributed by atoms with Gasteiger partial charge in [-0.2, -0.15) is 8.78 Å². The van der Waals surface area contributed by atoms with Crippen molar-refractivity contribution in [2.24, 2.45) is 0 Å². The summed E-state index contributed by atoms with van der Waals surface area (Å²) in [5.74, 6) is -25.1. The van der Waals surface area contributed by atoms with Crippen molar-refractivity contribution in [3.63, 3.8) is 0 Å². The molecule has 1 aromatic carbocycles. The Morgan fingerprint density at radius 2 is 1.36 bits per heavy atom. The molecule has 1 aliphatic heterocycles. The van der Waals surface area contributed by atoms with E-state index >= 15 is 0 Å². The van der Waals surface area contributed by atoms with Crippen molar-refractivity contribution < 1.29 is 48.6 Å². The van der Waals surface area contributed by atoms with Gasteiger partial charge in [-0.3, -0.25) is 0 Å². The van der Waals surface area contributed by atoms with Gasteiger partial charge in [-0.15, -0.1) is 11.8 Å². The maximum atomic E-state index is 14.0. The number of benzene rings is 1. The van der Waals surface area contributed by atoms with Crippen LogP contribution in [-0.4, -0.2) is 36.3 Å². The first-order valence-electron chi connectivity index (χ1n) is 6.55. The van der Waals surface area contributed by atoms with Crippen molar-refractivity contribution in [2.45, 2.75) is 23.3 Å². The van der Waals surface area contributed by atoms with Crippen LogP contribution in [0.3, 0.4) is 0 Å². The lowest BCUT2D eigenvalue weighted by Crippen LogP contribution is -2.52. The molecule has 0 saturated carbocycles. The summed E-state index contributed by atoms with van der Waals surface area (Å²) in [7, 11) is 0. The van der Waals surface area contributed by atoms with Gasteiger partial charge in [0.25, 0.3) is 5.92 Å². The molecule has 0 N–H and O–H groups in total. The van der Waals surface area contributed by atoms with Crippen molar-refractivity contribution in [1.82, 2.24) is 0 Å². The molecular weight excluding hydrogens is 394 g/mol. The molecule has 0 amide bonds. The van der Waals surface area contributed by atoms with Crippen LogP contribution in [0.5, 0.6) is 0 Å². The summed E-state index contributed by atoms with van der Waals surface area (Å²) in [5, 5.41) is -2.12. The molecule has 0 radical (unpaired) electrons. The zero-order valence-electron chi connectivity index (χ0n) is 11.9. The summed E-state index contributed by atoms with van der Waals surface area (Å²) < 4.78 is 140. The quantitative estimate of drug-likeness (QED) is 0.414. The minimum Gasteiger partial charge on any atom is -0.379 e. The third kappa shape index (κ3) is 3.29. The highest BCUT2D eigenvalue weighted by atomic mass is 32.2. The molecule has 0 spiro atoms. The first-order valence-corrected chi connectivity index (χ1v) is 7.59. The molecule has 2 unspecified atom stereocenters.